The van der Waals surface area contributed by atoms with Crippen LogP contribution in [-0.2, 0) is 14.4 Å². The molecular formula is C14H24N2O4. The number of imide groups is 1. The van der Waals surface area contributed by atoms with E-state index in [0.29, 0.717) is 6.54 Å². The molecule has 20 heavy (non-hydrogen) atoms. The van der Waals surface area contributed by atoms with Crippen LogP contribution in [0, 0.1) is 0 Å². The zero-order valence-electron chi connectivity index (χ0n) is 12.5. The fraction of sp³-hybridized carbons (Fsp3) is 0.786. The second-order valence-electron chi connectivity index (χ2n) is 5.16. The highest BCUT2D eigenvalue weighted by molar-refractivity contribution is 6.06. The Morgan fingerprint density at radius 3 is 2.40 bits per heavy atom. The van der Waals surface area contributed by atoms with E-state index < -0.39 is 12.0 Å². The van der Waals surface area contributed by atoms with Crippen molar-refractivity contribution in [3.63, 3.8) is 0 Å². The molecule has 114 valence electrons. The van der Waals surface area contributed by atoms with Crippen LogP contribution in [0.2, 0.25) is 0 Å². The Kier molecular flexibility index (Phi) is 6.13. The van der Waals surface area contributed by atoms with Gasteiger partial charge in [0.2, 0.25) is 11.8 Å². The molecule has 1 aliphatic heterocycles. The maximum atomic E-state index is 12.4. The predicted octanol–water partition coefficient (Wildman–Crippen LogP) is 1.10. The summed E-state index contributed by atoms with van der Waals surface area (Å²) in [7, 11) is 0. The molecule has 2 amide bonds. The largest absolute Gasteiger partial charge is 0.480 e. The molecule has 1 saturated heterocycles. The summed E-state index contributed by atoms with van der Waals surface area (Å²) in [5.74, 6) is -1.39. The third-order valence-electron chi connectivity index (χ3n) is 3.76. The lowest BCUT2D eigenvalue weighted by atomic mass is 10.1. The molecule has 6 nitrogen and oxygen atoms in total. The number of carbonyl (C=O) groups excluding carboxylic acids is 2. The van der Waals surface area contributed by atoms with Gasteiger partial charge >= 0.3 is 5.97 Å². The molecule has 1 heterocycles. The van der Waals surface area contributed by atoms with Crippen LogP contribution in [0.3, 0.4) is 0 Å². The molecule has 0 aromatic carbocycles. The zero-order chi connectivity index (χ0) is 15.3. The van der Waals surface area contributed by atoms with Crippen molar-refractivity contribution in [1.82, 2.24) is 9.80 Å². The van der Waals surface area contributed by atoms with E-state index in [4.69, 9.17) is 5.11 Å². The van der Waals surface area contributed by atoms with Gasteiger partial charge in [0.05, 0.1) is 19.0 Å². The van der Waals surface area contributed by atoms with Gasteiger partial charge < -0.3 is 5.11 Å². The number of carbonyl (C=O) groups is 3. The van der Waals surface area contributed by atoms with Gasteiger partial charge in [-0.25, -0.2) is 0 Å². The number of amides is 2. The van der Waals surface area contributed by atoms with Gasteiger partial charge in [0, 0.05) is 6.04 Å². The second kappa shape index (κ2) is 7.38. The van der Waals surface area contributed by atoms with Crippen LogP contribution < -0.4 is 0 Å². The summed E-state index contributed by atoms with van der Waals surface area (Å²) in [6.45, 7) is 6.13. The van der Waals surface area contributed by atoms with Crippen molar-refractivity contribution in [2.24, 2.45) is 0 Å². The standard InChI is InChI=1S/C14H24N2O4/c1-4-7-15(9-13(18)19)11-8-12(17)16(14(11)20)10(5-2)6-3/h10-11H,4-9H2,1-3H3,(H,18,19). The number of hydrogen-bond acceptors (Lipinski definition) is 4. The number of hydrogen-bond donors (Lipinski definition) is 1. The van der Waals surface area contributed by atoms with Crippen molar-refractivity contribution in [2.45, 2.75) is 58.5 Å². The first-order chi connectivity index (χ1) is 9.46. The van der Waals surface area contributed by atoms with Crippen molar-refractivity contribution >= 4 is 17.8 Å². The van der Waals surface area contributed by atoms with Crippen LogP contribution in [-0.4, -0.2) is 57.9 Å². The number of nitrogens with zero attached hydrogens (tertiary/aromatic N) is 2. The summed E-state index contributed by atoms with van der Waals surface area (Å²) in [6.07, 6.45) is 2.31. The molecular weight excluding hydrogens is 260 g/mol. The maximum absolute atomic E-state index is 12.4. The van der Waals surface area contributed by atoms with Crippen LogP contribution in [0.15, 0.2) is 0 Å². The summed E-state index contributed by atoms with van der Waals surface area (Å²) in [5.41, 5.74) is 0. The van der Waals surface area contributed by atoms with Crippen molar-refractivity contribution in [1.29, 1.82) is 0 Å². The van der Waals surface area contributed by atoms with Gasteiger partial charge in [0.1, 0.15) is 0 Å². The minimum Gasteiger partial charge on any atom is -0.480 e. The predicted molar refractivity (Wildman–Crippen MR) is 74.1 cm³/mol. The van der Waals surface area contributed by atoms with Crippen LogP contribution >= 0.6 is 0 Å². The average molecular weight is 284 g/mol. The Bertz CT molecular complexity index is 379. The number of rotatable bonds is 8. The summed E-state index contributed by atoms with van der Waals surface area (Å²) < 4.78 is 0. The topological polar surface area (TPSA) is 77.9 Å². The molecule has 1 unspecified atom stereocenters. The highest BCUT2D eigenvalue weighted by Gasteiger charge is 2.44. The Hall–Kier alpha value is -1.43. The highest BCUT2D eigenvalue weighted by atomic mass is 16.4. The highest BCUT2D eigenvalue weighted by Crippen LogP contribution is 2.23. The lowest BCUT2D eigenvalue weighted by molar-refractivity contribution is -0.143. The average Bonchev–Trinajstić information content (AvgIpc) is 2.67. The molecule has 1 rings (SSSR count). The van der Waals surface area contributed by atoms with E-state index >= 15 is 0 Å². The monoisotopic (exact) mass is 284 g/mol. The van der Waals surface area contributed by atoms with Crippen LogP contribution in [0.1, 0.15) is 46.5 Å². The Morgan fingerprint density at radius 1 is 1.35 bits per heavy atom. The van der Waals surface area contributed by atoms with Crippen LogP contribution in [0.5, 0.6) is 0 Å². The number of aliphatic carboxylic acids is 1. The van der Waals surface area contributed by atoms with Crippen molar-refractivity contribution < 1.29 is 19.5 Å². The Morgan fingerprint density at radius 2 is 1.95 bits per heavy atom. The first kappa shape index (κ1) is 16.6. The third-order valence-corrected chi connectivity index (χ3v) is 3.76. The SMILES string of the molecule is CCCN(CC(=O)O)C1CC(=O)N(C(CC)CC)C1=O. The lowest BCUT2D eigenvalue weighted by Crippen LogP contribution is -2.47. The molecule has 0 aromatic rings. The molecule has 1 N–H and O–H groups in total. The van der Waals surface area contributed by atoms with E-state index in [-0.39, 0.29) is 30.8 Å². The quantitative estimate of drug-likeness (QED) is 0.675. The van der Waals surface area contributed by atoms with Gasteiger partial charge in [-0.15, -0.1) is 0 Å². The van der Waals surface area contributed by atoms with Gasteiger partial charge in [-0.05, 0) is 25.8 Å². The molecule has 0 radical (unpaired) electrons. The van der Waals surface area contributed by atoms with Gasteiger partial charge in [-0.2, -0.15) is 0 Å². The zero-order valence-corrected chi connectivity index (χ0v) is 12.5. The van der Waals surface area contributed by atoms with E-state index in [1.807, 2.05) is 20.8 Å². The van der Waals surface area contributed by atoms with E-state index in [1.165, 1.54) is 4.90 Å². The fourth-order valence-electron chi connectivity index (χ4n) is 2.76. The van der Waals surface area contributed by atoms with Crippen LogP contribution in [0.4, 0.5) is 0 Å². The first-order valence-corrected chi connectivity index (χ1v) is 7.27. The Labute approximate surface area is 119 Å². The summed E-state index contributed by atoms with van der Waals surface area (Å²) >= 11 is 0. The molecule has 0 spiro atoms. The molecule has 0 aliphatic carbocycles. The van der Waals surface area contributed by atoms with E-state index in [0.717, 1.165) is 19.3 Å². The van der Waals surface area contributed by atoms with Crippen molar-refractivity contribution in [3.8, 4) is 0 Å². The van der Waals surface area contributed by atoms with Crippen molar-refractivity contribution in [3.05, 3.63) is 0 Å². The smallest absolute Gasteiger partial charge is 0.317 e. The lowest BCUT2D eigenvalue weighted by Gasteiger charge is -2.27. The van der Waals surface area contributed by atoms with Gasteiger partial charge in [-0.1, -0.05) is 20.8 Å². The molecule has 1 fully saturated rings. The molecule has 0 bridgehead atoms. The normalized spacial score (nSPS) is 19.4. The van der Waals surface area contributed by atoms with E-state index in [2.05, 4.69) is 0 Å². The molecule has 1 aliphatic rings. The molecule has 1 atom stereocenters. The molecule has 0 aromatic heterocycles. The minimum atomic E-state index is -0.973. The number of carboxylic acids is 1. The van der Waals surface area contributed by atoms with Crippen LogP contribution in [0.25, 0.3) is 0 Å². The van der Waals surface area contributed by atoms with E-state index in [9.17, 15) is 14.4 Å². The summed E-state index contributed by atoms with van der Waals surface area (Å²) in [5, 5.41) is 8.94. The number of carboxylic acid groups (broad SMARTS) is 1. The summed E-state index contributed by atoms with van der Waals surface area (Å²) in [4.78, 5) is 38.4. The van der Waals surface area contributed by atoms with Crippen molar-refractivity contribution in [2.75, 3.05) is 13.1 Å². The first-order valence-electron chi connectivity index (χ1n) is 7.27. The summed E-state index contributed by atoms with van der Waals surface area (Å²) in [6, 6.07) is -0.688. The third kappa shape index (κ3) is 3.56. The fourth-order valence-corrected chi connectivity index (χ4v) is 2.76. The van der Waals surface area contributed by atoms with Gasteiger partial charge in [0.25, 0.3) is 0 Å². The second-order valence-corrected chi connectivity index (χ2v) is 5.16. The molecule has 6 heteroatoms. The minimum absolute atomic E-state index is 0.0756. The molecule has 0 saturated carbocycles. The number of likely N-dealkylation sites (tertiary alicyclic amines) is 1. The Balaban J connectivity index is 2.89. The maximum Gasteiger partial charge on any atom is 0.317 e. The van der Waals surface area contributed by atoms with E-state index in [1.54, 1.807) is 4.90 Å². The van der Waals surface area contributed by atoms with Gasteiger partial charge in [0.15, 0.2) is 0 Å². The van der Waals surface area contributed by atoms with Gasteiger partial charge in [-0.3, -0.25) is 24.2 Å².